The van der Waals surface area contributed by atoms with Gasteiger partial charge in [0.05, 0.1) is 38.7 Å². The van der Waals surface area contributed by atoms with Gasteiger partial charge < -0.3 is 22.5 Å². The maximum atomic E-state index is 6.62. The zero-order valence-corrected chi connectivity index (χ0v) is 33.6. The second-order valence-electron chi connectivity index (χ2n) is 16.1. The molecule has 0 unspecified atom stereocenters. The average molecular weight is 808 g/mol. The van der Waals surface area contributed by atoms with Gasteiger partial charge in [-0.2, -0.15) is 0 Å². The van der Waals surface area contributed by atoms with E-state index in [4.69, 9.17) is 13.9 Å². The molecule has 14 aromatic rings. The van der Waals surface area contributed by atoms with Crippen molar-refractivity contribution < 1.29 is 8.83 Å². The number of benzene rings is 9. The van der Waals surface area contributed by atoms with Crippen LogP contribution in [0.1, 0.15) is 0 Å². The number of hydrogen-bond acceptors (Lipinski definition) is 4. The molecule has 9 aromatic carbocycles. The Kier molecular flexibility index (Phi) is 6.98. The molecule has 0 amide bonds. The summed E-state index contributed by atoms with van der Waals surface area (Å²) in [6.45, 7) is 0. The zero-order chi connectivity index (χ0) is 41.2. The van der Waals surface area contributed by atoms with Crippen LogP contribution in [0.5, 0.6) is 0 Å². The van der Waals surface area contributed by atoms with Crippen LogP contribution in [0, 0.1) is 0 Å². The van der Waals surface area contributed by atoms with Crippen molar-refractivity contribution in [1.29, 1.82) is 0 Å². The molecule has 14 rings (SSSR count). The molecule has 7 heteroatoms. The Labute approximate surface area is 358 Å². The molecule has 0 saturated heterocycles. The van der Waals surface area contributed by atoms with E-state index in [0.29, 0.717) is 11.8 Å². The Morgan fingerprint density at radius 3 is 1.38 bits per heavy atom. The fourth-order valence-corrected chi connectivity index (χ4v) is 10.2. The Morgan fingerprint density at radius 2 is 0.794 bits per heavy atom. The molecule has 0 aliphatic rings. The maximum absolute atomic E-state index is 6.62. The third kappa shape index (κ3) is 4.73. The summed E-state index contributed by atoms with van der Waals surface area (Å²) in [6, 6.07) is 70.6. The van der Waals surface area contributed by atoms with Crippen LogP contribution in [-0.4, -0.2) is 23.9 Å². The van der Waals surface area contributed by atoms with Gasteiger partial charge in [0.2, 0.25) is 5.89 Å². The minimum Gasteiger partial charge on any atom is -0.455 e. The van der Waals surface area contributed by atoms with Crippen LogP contribution in [0.25, 0.3) is 127 Å². The van der Waals surface area contributed by atoms with Gasteiger partial charge in [0.1, 0.15) is 11.2 Å². The molecule has 0 aliphatic carbocycles. The summed E-state index contributed by atoms with van der Waals surface area (Å²) in [5, 5.41) is 18.3. The van der Waals surface area contributed by atoms with Crippen LogP contribution < -0.4 is 0 Å². The van der Waals surface area contributed by atoms with Crippen LogP contribution in [0.15, 0.2) is 209 Å². The van der Waals surface area contributed by atoms with Crippen LogP contribution in [0.2, 0.25) is 0 Å². The summed E-state index contributed by atoms with van der Waals surface area (Å²) >= 11 is 0. The highest BCUT2D eigenvalue weighted by atomic mass is 16.4. The maximum Gasteiger partial charge on any atom is 0.251 e. The summed E-state index contributed by atoms with van der Waals surface area (Å²) in [4.78, 5) is 0. The minimum absolute atomic E-state index is 0.406. The summed E-state index contributed by atoms with van der Waals surface area (Å²) in [7, 11) is 0. The molecule has 0 radical (unpaired) electrons. The first-order chi connectivity index (χ1) is 31.3. The molecule has 7 nitrogen and oxygen atoms in total. The van der Waals surface area contributed by atoms with E-state index in [1.54, 1.807) is 0 Å². The number of aromatic nitrogens is 5. The lowest BCUT2D eigenvalue weighted by Crippen LogP contribution is -1.97. The van der Waals surface area contributed by atoms with Gasteiger partial charge in [-0.1, -0.05) is 121 Å². The lowest BCUT2D eigenvalue weighted by atomic mass is 10.0. The highest BCUT2D eigenvalue weighted by molar-refractivity contribution is 6.40. The Balaban J connectivity index is 1.16. The van der Waals surface area contributed by atoms with Crippen molar-refractivity contribution >= 4 is 87.4 Å². The van der Waals surface area contributed by atoms with E-state index in [-0.39, 0.29) is 0 Å². The van der Waals surface area contributed by atoms with Gasteiger partial charge in [0.25, 0.3) is 5.89 Å². The van der Waals surface area contributed by atoms with E-state index in [9.17, 15) is 0 Å². The SMILES string of the molecule is c1ccc(-n2c3ccccc3c3c2c2c4ccccc4n(-c4ccccc4)c2c2c4cc(-c5nnc(-c6cccc7c6oc6ccccc67)o5)ccc4n(-c4ccccc4)c32)cc1. The predicted octanol–water partition coefficient (Wildman–Crippen LogP) is 14.6. The molecule has 0 fully saturated rings. The zero-order valence-electron chi connectivity index (χ0n) is 33.6. The molecule has 0 aliphatic heterocycles. The van der Waals surface area contributed by atoms with E-state index in [1.807, 2.05) is 30.3 Å². The molecule has 0 spiro atoms. The Bertz CT molecular complexity index is 4090. The van der Waals surface area contributed by atoms with Gasteiger partial charge >= 0.3 is 0 Å². The van der Waals surface area contributed by atoms with E-state index in [1.165, 1.54) is 21.5 Å². The van der Waals surface area contributed by atoms with Crippen LogP contribution in [-0.2, 0) is 0 Å². The number of para-hydroxylation sites is 7. The second-order valence-corrected chi connectivity index (χ2v) is 16.1. The number of hydrogen-bond donors (Lipinski definition) is 0. The van der Waals surface area contributed by atoms with Crippen molar-refractivity contribution in [3.63, 3.8) is 0 Å². The molecule has 0 atom stereocenters. The molecular formula is C56H33N5O2. The van der Waals surface area contributed by atoms with Crippen molar-refractivity contribution in [1.82, 2.24) is 23.9 Å². The highest BCUT2D eigenvalue weighted by Gasteiger charge is 2.29. The Hall–Kier alpha value is -8.68. The number of rotatable bonds is 5. The average Bonchev–Trinajstić information content (AvgIpc) is 4.18. The Morgan fingerprint density at radius 1 is 0.333 bits per heavy atom. The fourth-order valence-electron chi connectivity index (χ4n) is 10.2. The van der Waals surface area contributed by atoms with Crippen molar-refractivity contribution in [2.75, 3.05) is 0 Å². The van der Waals surface area contributed by atoms with Crippen LogP contribution in [0.3, 0.4) is 0 Å². The second kappa shape index (κ2) is 12.9. The van der Waals surface area contributed by atoms with Gasteiger partial charge in [-0.15, -0.1) is 10.2 Å². The summed E-state index contributed by atoms with van der Waals surface area (Å²) in [6.07, 6.45) is 0. The van der Waals surface area contributed by atoms with E-state index in [0.717, 1.165) is 94.0 Å². The first-order valence-corrected chi connectivity index (χ1v) is 21.2. The molecule has 63 heavy (non-hydrogen) atoms. The lowest BCUT2D eigenvalue weighted by molar-refractivity contribution is 0.582. The molecule has 294 valence electrons. The third-order valence-corrected chi connectivity index (χ3v) is 12.8. The van der Waals surface area contributed by atoms with Gasteiger partial charge in [0, 0.05) is 65.7 Å². The lowest BCUT2D eigenvalue weighted by Gasteiger charge is -2.13. The summed E-state index contributed by atoms with van der Waals surface area (Å²) < 4.78 is 20.4. The number of nitrogens with zero attached hydrogens (tertiary/aromatic N) is 5. The molecule has 5 heterocycles. The number of furan rings is 1. The molecule has 0 bridgehead atoms. The molecule has 5 aromatic heterocycles. The van der Waals surface area contributed by atoms with Crippen molar-refractivity contribution in [3.05, 3.63) is 200 Å². The van der Waals surface area contributed by atoms with Crippen LogP contribution in [0.4, 0.5) is 0 Å². The van der Waals surface area contributed by atoms with Crippen molar-refractivity contribution in [3.8, 4) is 40.0 Å². The quantitative estimate of drug-likeness (QED) is 0.174. The topological polar surface area (TPSA) is 66.8 Å². The van der Waals surface area contributed by atoms with E-state index in [2.05, 4.69) is 189 Å². The normalized spacial score (nSPS) is 12.1. The van der Waals surface area contributed by atoms with Crippen molar-refractivity contribution in [2.45, 2.75) is 0 Å². The highest BCUT2D eigenvalue weighted by Crippen LogP contribution is 2.50. The summed E-state index contributed by atoms with van der Waals surface area (Å²) in [5.41, 5.74) is 13.2. The number of fused-ring (bicyclic) bond motifs is 15. The van der Waals surface area contributed by atoms with E-state index < -0.39 is 0 Å². The fraction of sp³-hybridized carbons (Fsp3) is 0. The standard InChI is InChI=1S/C56H33N5O2/c1-4-17-35(18-5-1)59-44-28-13-10-24-40(44)49-51(59)48-41-25-11-14-29-45(41)60(36-19-6-2-7-20-36)52(48)50-43-33-34(31-32-46(43)61(53(49)50)37-21-8-3-9-22-37)55-57-58-56(63-55)42-27-16-26-39-38-23-12-15-30-47(38)62-54(39)42/h1-33H. The van der Waals surface area contributed by atoms with E-state index >= 15 is 0 Å². The van der Waals surface area contributed by atoms with Gasteiger partial charge in [-0.3, -0.25) is 0 Å². The minimum atomic E-state index is 0.406. The van der Waals surface area contributed by atoms with Crippen LogP contribution >= 0.6 is 0 Å². The van der Waals surface area contributed by atoms with Gasteiger partial charge in [0.15, 0.2) is 0 Å². The predicted molar refractivity (Wildman–Crippen MR) is 255 cm³/mol. The third-order valence-electron chi connectivity index (χ3n) is 12.8. The summed E-state index contributed by atoms with van der Waals surface area (Å²) in [5.74, 6) is 0.839. The monoisotopic (exact) mass is 807 g/mol. The molecule has 0 N–H and O–H groups in total. The van der Waals surface area contributed by atoms with Gasteiger partial charge in [-0.25, -0.2) is 0 Å². The molecular weight excluding hydrogens is 775 g/mol. The van der Waals surface area contributed by atoms with Crippen molar-refractivity contribution in [2.24, 2.45) is 0 Å². The first-order valence-electron chi connectivity index (χ1n) is 21.2. The first kappa shape index (κ1) is 34.1. The largest absolute Gasteiger partial charge is 0.455 e. The smallest absolute Gasteiger partial charge is 0.251 e. The van der Waals surface area contributed by atoms with Gasteiger partial charge in [-0.05, 0) is 78.9 Å². The molecule has 0 saturated carbocycles.